The molecule has 0 saturated heterocycles. The Morgan fingerprint density at radius 3 is 2.58 bits per heavy atom. The number of aromatic nitrogens is 2. The van der Waals surface area contributed by atoms with Crippen LogP contribution in [0.4, 0.5) is 10.3 Å². The van der Waals surface area contributed by atoms with Crippen molar-refractivity contribution in [3.8, 4) is 11.6 Å². The van der Waals surface area contributed by atoms with E-state index in [2.05, 4.69) is 15.3 Å². The maximum absolute atomic E-state index is 12.9. The lowest BCUT2D eigenvalue weighted by Gasteiger charge is -2.15. The van der Waals surface area contributed by atoms with Crippen LogP contribution in [0, 0.1) is 11.2 Å². The summed E-state index contributed by atoms with van der Waals surface area (Å²) in [5, 5.41) is 3.08. The van der Waals surface area contributed by atoms with E-state index in [1.807, 2.05) is 0 Å². The summed E-state index contributed by atoms with van der Waals surface area (Å²) in [6.07, 6.45) is 4.54. The molecule has 0 aliphatic heterocycles. The molecule has 0 amide bonds. The molecule has 0 atom stereocenters. The average Bonchev–Trinajstić information content (AvgIpc) is 3.26. The SMILES string of the molecule is CS(=O)(=O)CC1(CNc2nccc(Oc3ccc(F)cc3)n2)CC1. The molecule has 1 aliphatic carbocycles. The molecule has 0 radical (unpaired) electrons. The molecule has 0 unspecified atom stereocenters. The van der Waals surface area contributed by atoms with Gasteiger partial charge in [0.1, 0.15) is 21.4 Å². The average molecular weight is 351 g/mol. The summed E-state index contributed by atoms with van der Waals surface area (Å²) >= 11 is 0. The molecule has 1 aromatic heterocycles. The zero-order valence-corrected chi connectivity index (χ0v) is 14.0. The highest BCUT2D eigenvalue weighted by Crippen LogP contribution is 2.46. The second kappa shape index (κ2) is 6.35. The molecule has 1 heterocycles. The van der Waals surface area contributed by atoms with Gasteiger partial charge < -0.3 is 10.1 Å². The molecule has 2 aromatic rings. The highest BCUT2D eigenvalue weighted by molar-refractivity contribution is 7.90. The number of nitrogens with one attached hydrogen (secondary N) is 1. The molecule has 6 nitrogen and oxygen atoms in total. The minimum Gasteiger partial charge on any atom is -0.439 e. The van der Waals surface area contributed by atoms with Gasteiger partial charge in [-0.25, -0.2) is 17.8 Å². The fourth-order valence-corrected chi connectivity index (χ4v) is 3.98. The van der Waals surface area contributed by atoms with E-state index in [-0.39, 0.29) is 17.0 Å². The Labute approximate surface area is 140 Å². The number of ether oxygens (including phenoxy) is 1. The third-order valence-corrected chi connectivity index (χ3v) is 4.95. The van der Waals surface area contributed by atoms with Gasteiger partial charge in [-0.15, -0.1) is 0 Å². The van der Waals surface area contributed by atoms with Crippen LogP contribution in [-0.4, -0.2) is 36.9 Å². The van der Waals surface area contributed by atoms with Gasteiger partial charge in [0, 0.05) is 30.5 Å². The molecule has 24 heavy (non-hydrogen) atoms. The van der Waals surface area contributed by atoms with Crippen molar-refractivity contribution in [1.82, 2.24) is 9.97 Å². The number of hydrogen-bond donors (Lipinski definition) is 1. The largest absolute Gasteiger partial charge is 0.439 e. The Morgan fingerprint density at radius 1 is 1.25 bits per heavy atom. The predicted octanol–water partition coefficient (Wildman–Crippen LogP) is 2.64. The van der Waals surface area contributed by atoms with E-state index in [9.17, 15) is 12.8 Å². The van der Waals surface area contributed by atoms with Gasteiger partial charge in [-0.3, -0.25) is 0 Å². The monoisotopic (exact) mass is 351 g/mol. The minimum absolute atomic E-state index is 0.165. The molecule has 1 fully saturated rings. The summed E-state index contributed by atoms with van der Waals surface area (Å²) in [4.78, 5) is 8.34. The first-order chi connectivity index (χ1) is 11.3. The third kappa shape index (κ3) is 4.64. The molecular formula is C16H18FN3O3S. The van der Waals surface area contributed by atoms with E-state index in [4.69, 9.17) is 4.74 Å². The van der Waals surface area contributed by atoms with E-state index in [0.717, 1.165) is 12.8 Å². The van der Waals surface area contributed by atoms with E-state index in [0.29, 0.717) is 24.1 Å². The number of sulfone groups is 1. The van der Waals surface area contributed by atoms with Gasteiger partial charge in [0.25, 0.3) is 0 Å². The quantitative estimate of drug-likeness (QED) is 0.826. The topological polar surface area (TPSA) is 81.2 Å². The molecule has 8 heteroatoms. The number of rotatable bonds is 7. The highest BCUT2D eigenvalue weighted by Gasteiger charge is 2.45. The van der Waals surface area contributed by atoms with Crippen molar-refractivity contribution in [3.05, 3.63) is 42.3 Å². The van der Waals surface area contributed by atoms with Crippen LogP contribution < -0.4 is 10.1 Å². The zero-order valence-electron chi connectivity index (χ0n) is 13.2. The number of benzene rings is 1. The van der Waals surface area contributed by atoms with E-state index in [1.165, 1.54) is 30.5 Å². The molecule has 0 spiro atoms. The summed E-state index contributed by atoms with van der Waals surface area (Å²) in [5.41, 5.74) is -0.217. The van der Waals surface area contributed by atoms with Crippen LogP contribution in [0.15, 0.2) is 36.5 Å². The predicted molar refractivity (Wildman–Crippen MR) is 88.4 cm³/mol. The van der Waals surface area contributed by atoms with Crippen LogP contribution in [0.1, 0.15) is 12.8 Å². The zero-order chi connectivity index (χ0) is 17.2. The number of anilines is 1. The van der Waals surface area contributed by atoms with Crippen molar-refractivity contribution in [2.45, 2.75) is 12.8 Å². The first kappa shape index (κ1) is 16.6. The van der Waals surface area contributed by atoms with Gasteiger partial charge in [0.2, 0.25) is 11.8 Å². The van der Waals surface area contributed by atoms with E-state index >= 15 is 0 Å². The van der Waals surface area contributed by atoms with Gasteiger partial charge in [0.15, 0.2) is 0 Å². The molecule has 3 rings (SSSR count). The van der Waals surface area contributed by atoms with Crippen molar-refractivity contribution in [1.29, 1.82) is 0 Å². The first-order valence-corrected chi connectivity index (χ1v) is 9.58. The van der Waals surface area contributed by atoms with Crippen LogP contribution in [0.3, 0.4) is 0 Å². The Bertz CT molecular complexity index is 821. The van der Waals surface area contributed by atoms with Crippen LogP contribution in [0.25, 0.3) is 0 Å². The fourth-order valence-electron chi connectivity index (χ4n) is 2.48. The van der Waals surface area contributed by atoms with Gasteiger partial charge in [-0.2, -0.15) is 4.98 Å². The van der Waals surface area contributed by atoms with E-state index in [1.54, 1.807) is 12.3 Å². The Morgan fingerprint density at radius 2 is 1.96 bits per heavy atom. The normalized spacial score (nSPS) is 15.8. The molecule has 1 aliphatic rings. The second-order valence-electron chi connectivity index (χ2n) is 6.20. The maximum Gasteiger partial charge on any atom is 0.225 e. The van der Waals surface area contributed by atoms with Crippen molar-refractivity contribution in [2.75, 3.05) is 23.9 Å². The first-order valence-electron chi connectivity index (χ1n) is 7.52. The Kier molecular flexibility index (Phi) is 4.40. The smallest absolute Gasteiger partial charge is 0.225 e. The van der Waals surface area contributed by atoms with Gasteiger partial charge in [-0.05, 0) is 37.1 Å². The fraction of sp³-hybridized carbons (Fsp3) is 0.375. The van der Waals surface area contributed by atoms with Gasteiger partial charge in [0.05, 0.1) is 5.75 Å². The van der Waals surface area contributed by atoms with Crippen molar-refractivity contribution < 1.29 is 17.5 Å². The van der Waals surface area contributed by atoms with Crippen molar-refractivity contribution in [2.24, 2.45) is 5.41 Å². The molecular weight excluding hydrogens is 333 g/mol. The van der Waals surface area contributed by atoms with E-state index < -0.39 is 9.84 Å². The Hall–Kier alpha value is -2.22. The number of hydrogen-bond acceptors (Lipinski definition) is 6. The van der Waals surface area contributed by atoms with Gasteiger partial charge in [-0.1, -0.05) is 0 Å². The van der Waals surface area contributed by atoms with Crippen LogP contribution in [0.5, 0.6) is 11.6 Å². The number of nitrogens with zero attached hydrogens (tertiary/aromatic N) is 2. The molecule has 0 bridgehead atoms. The summed E-state index contributed by atoms with van der Waals surface area (Å²) < 4.78 is 41.4. The molecule has 128 valence electrons. The summed E-state index contributed by atoms with van der Waals surface area (Å²) in [6.45, 7) is 0.500. The lowest BCUT2D eigenvalue weighted by Crippen LogP contribution is -2.24. The minimum atomic E-state index is -3.01. The summed E-state index contributed by atoms with van der Waals surface area (Å²) in [7, 11) is -3.01. The lowest BCUT2D eigenvalue weighted by atomic mass is 10.1. The third-order valence-electron chi connectivity index (χ3n) is 3.81. The van der Waals surface area contributed by atoms with Crippen molar-refractivity contribution in [3.63, 3.8) is 0 Å². The highest BCUT2D eigenvalue weighted by atomic mass is 32.2. The summed E-state index contributed by atoms with van der Waals surface area (Å²) in [5.74, 6) is 0.991. The molecule has 1 N–H and O–H groups in total. The molecule has 1 saturated carbocycles. The number of halogens is 1. The summed E-state index contributed by atoms with van der Waals surface area (Å²) in [6, 6.07) is 7.22. The lowest BCUT2D eigenvalue weighted by molar-refractivity contribution is 0.460. The van der Waals surface area contributed by atoms with Crippen LogP contribution >= 0.6 is 0 Å². The second-order valence-corrected chi connectivity index (χ2v) is 8.34. The molecule has 1 aromatic carbocycles. The maximum atomic E-state index is 12.9. The standard InChI is InChI=1S/C16H18FN3O3S/c1-24(21,22)11-16(7-8-16)10-19-15-18-9-6-14(20-15)23-13-4-2-12(17)3-5-13/h2-6,9H,7-8,10-11H2,1H3,(H,18,19,20). The van der Waals surface area contributed by atoms with Gasteiger partial charge >= 0.3 is 0 Å². The van der Waals surface area contributed by atoms with Crippen LogP contribution in [0.2, 0.25) is 0 Å². The van der Waals surface area contributed by atoms with Crippen molar-refractivity contribution >= 4 is 15.8 Å². The van der Waals surface area contributed by atoms with Crippen LogP contribution in [-0.2, 0) is 9.84 Å². The Balaban J connectivity index is 1.62.